The highest BCUT2D eigenvalue weighted by Gasteiger charge is 1.96. The van der Waals surface area contributed by atoms with Crippen LogP contribution < -0.4 is 10.6 Å². The lowest BCUT2D eigenvalue weighted by atomic mass is 10.3. The van der Waals surface area contributed by atoms with Crippen LogP contribution in [-0.2, 0) is 6.42 Å². The third-order valence-corrected chi connectivity index (χ3v) is 1.91. The maximum atomic E-state index is 5.08. The number of hydrogen-bond donors (Lipinski definition) is 2. The highest BCUT2D eigenvalue weighted by atomic mass is 32.1. The average molecular weight is 199 g/mol. The third kappa shape index (κ3) is 3.89. The van der Waals surface area contributed by atoms with Gasteiger partial charge in [-0.2, -0.15) is 0 Å². The third-order valence-electron chi connectivity index (χ3n) is 1.56. The summed E-state index contributed by atoms with van der Waals surface area (Å²) in [6.07, 6.45) is 5.04. The fourth-order valence-electron chi connectivity index (χ4n) is 0.906. The first-order valence-electron chi connectivity index (χ1n) is 4.17. The molecule has 1 aromatic heterocycles. The molecule has 1 rings (SSSR count). The van der Waals surface area contributed by atoms with Gasteiger partial charge in [-0.15, -0.1) is 0 Å². The monoisotopic (exact) mass is 199 g/mol. The van der Waals surface area contributed by atoms with Crippen LogP contribution >= 0.6 is 12.2 Å². The molecule has 1 aromatic rings. The predicted octanol–water partition coefficient (Wildman–Crippen LogP) is 0.701. The summed E-state index contributed by atoms with van der Waals surface area (Å²) in [5.41, 5.74) is 0. The van der Waals surface area contributed by atoms with Gasteiger partial charge >= 0.3 is 0 Å². The molecule has 13 heavy (non-hydrogen) atoms. The van der Waals surface area contributed by atoms with Crippen molar-refractivity contribution in [2.45, 2.75) is 12.8 Å². The van der Waals surface area contributed by atoms with Gasteiger partial charge in [-0.25, -0.2) is 4.98 Å². The Kier molecular flexibility index (Phi) is 4.25. The summed E-state index contributed by atoms with van der Waals surface area (Å²) in [7, 11) is 1.80. The molecule has 72 valence electrons. The number of hydrogen-bond acceptors (Lipinski definition) is 3. The van der Waals surface area contributed by atoms with E-state index >= 15 is 0 Å². The molecule has 0 aliphatic rings. The number of oxazole rings is 1. The van der Waals surface area contributed by atoms with Crippen molar-refractivity contribution in [3.63, 3.8) is 0 Å². The van der Waals surface area contributed by atoms with Crippen LogP contribution in [0.15, 0.2) is 16.9 Å². The minimum atomic E-state index is 0.674. The maximum absolute atomic E-state index is 5.08. The highest BCUT2D eigenvalue weighted by molar-refractivity contribution is 7.80. The van der Waals surface area contributed by atoms with Gasteiger partial charge in [0.1, 0.15) is 6.26 Å². The van der Waals surface area contributed by atoms with Crippen LogP contribution in [-0.4, -0.2) is 23.7 Å². The van der Waals surface area contributed by atoms with Gasteiger partial charge < -0.3 is 15.1 Å². The Hall–Kier alpha value is -1.10. The van der Waals surface area contributed by atoms with Gasteiger partial charge in [0.15, 0.2) is 11.0 Å². The van der Waals surface area contributed by atoms with Gasteiger partial charge in [0.2, 0.25) is 0 Å². The largest absolute Gasteiger partial charge is 0.449 e. The fraction of sp³-hybridized carbons (Fsp3) is 0.500. The van der Waals surface area contributed by atoms with Crippen molar-refractivity contribution >= 4 is 17.3 Å². The van der Waals surface area contributed by atoms with E-state index in [0.717, 1.165) is 25.3 Å². The zero-order chi connectivity index (χ0) is 9.52. The summed E-state index contributed by atoms with van der Waals surface area (Å²) < 4.78 is 5.08. The molecule has 0 spiro atoms. The molecule has 0 aliphatic heterocycles. The van der Waals surface area contributed by atoms with Gasteiger partial charge in [0.25, 0.3) is 0 Å². The van der Waals surface area contributed by atoms with Crippen LogP contribution in [0, 0.1) is 0 Å². The number of aromatic nitrogens is 1. The standard InChI is InChI=1S/C8H13N3OS/c1-9-8(13)11-4-2-3-7-10-5-6-12-7/h5-6H,2-4H2,1H3,(H2,9,11,13). The Bertz CT molecular complexity index is 248. The second-order valence-corrected chi connectivity index (χ2v) is 2.94. The lowest BCUT2D eigenvalue weighted by molar-refractivity contribution is 0.486. The molecule has 0 aromatic carbocycles. The SMILES string of the molecule is CNC(=S)NCCCc1ncco1. The molecule has 0 unspecified atom stereocenters. The number of nitrogens with one attached hydrogen (secondary N) is 2. The van der Waals surface area contributed by atoms with E-state index in [1.165, 1.54) is 0 Å². The first kappa shape index (κ1) is 9.98. The molecule has 0 atom stereocenters. The van der Waals surface area contributed by atoms with E-state index in [2.05, 4.69) is 15.6 Å². The van der Waals surface area contributed by atoms with E-state index in [9.17, 15) is 0 Å². The van der Waals surface area contributed by atoms with Crippen molar-refractivity contribution in [1.29, 1.82) is 0 Å². The van der Waals surface area contributed by atoms with Crippen molar-refractivity contribution in [1.82, 2.24) is 15.6 Å². The van der Waals surface area contributed by atoms with Gasteiger partial charge in [0.05, 0.1) is 6.20 Å². The van der Waals surface area contributed by atoms with Crippen LogP contribution in [0.4, 0.5) is 0 Å². The van der Waals surface area contributed by atoms with E-state index in [0.29, 0.717) is 5.11 Å². The first-order valence-corrected chi connectivity index (χ1v) is 4.57. The molecule has 0 radical (unpaired) electrons. The Balaban J connectivity index is 2.05. The molecule has 0 amide bonds. The maximum Gasteiger partial charge on any atom is 0.193 e. The average Bonchev–Trinajstić information content (AvgIpc) is 2.64. The summed E-state index contributed by atoms with van der Waals surface area (Å²) in [4.78, 5) is 4.01. The molecule has 5 heteroatoms. The van der Waals surface area contributed by atoms with E-state index in [1.54, 1.807) is 19.5 Å². The van der Waals surface area contributed by atoms with Crippen molar-refractivity contribution in [3.8, 4) is 0 Å². The lowest BCUT2D eigenvalue weighted by Crippen LogP contribution is -2.33. The summed E-state index contributed by atoms with van der Waals surface area (Å²) in [5, 5.41) is 6.56. The van der Waals surface area contributed by atoms with Crippen molar-refractivity contribution in [2.75, 3.05) is 13.6 Å². The van der Waals surface area contributed by atoms with Crippen LogP contribution in [0.25, 0.3) is 0 Å². The molecule has 0 saturated carbocycles. The number of aryl methyl sites for hydroxylation is 1. The molecule has 2 N–H and O–H groups in total. The van der Waals surface area contributed by atoms with E-state index in [-0.39, 0.29) is 0 Å². The van der Waals surface area contributed by atoms with E-state index in [1.807, 2.05) is 0 Å². The van der Waals surface area contributed by atoms with Gasteiger partial charge in [-0.05, 0) is 18.6 Å². The Morgan fingerprint density at radius 2 is 2.54 bits per heavy atom. The molecular formula is C8H13N3OS. The van der Waals surface area contributed by atoms with Crippen molar-refractivity contribution in [3.05, 3.63) is 18.4 Å². The Morgan fingerprint density at radius 1 is 1.69 bits per heavy atom. The second kappa shape index (κ2) is 5.53. The topological polar surface area (TPSA) is 50.1 Å². The van der Waals surface area contributed by atoms with Crippen LogP contribution in [0.3, 0.4) is 0 Å². The zero-order valence-electron chi connectivity index (χ0n) is 7.54. The normalized spacial score (nSPS) is 9.62. The summed E-state index contributed by atoms with van der Waals surface area (Å²) >= 11 is 4.91. The second-order valence-electron chi connectivity index (χ2n) is 2.54. The smallest absolute Gasteiger partial charge is 0.193 e. The first-order chi connectivity index (χ1) is 6.33. The van der Waals surface area contributed by atoms with E-state index in [4.69, 9.17) is 16.6 Å². The van der Waals surface area contributed by atoms with Crippen LogP contribution in [0.2, 0.25) is 0 Å². The highest BCUT2D eigenvalue weighted by Crippen LogP contribution is 1.97. The zero-order valence-corrected chi connectivity index (χ0v) is 8.36. The molecule has 0 aliphatic carbocycles. The van der Waals surface area contributed by atoms with Gasteiger partial charge in [0, 0.05) is 20.0 Å². The van der Waals surface area contributed by atoms with Crippen LogP contribution in [0.5, 0.6) is 0 Å². The minimum Gasteiger partial charge on any atom is -0.449 e. The Morgan fingerprint density at radius 3 is 3.15 bits per heavy atom. The summed E-state index contributed by atoms with van der Waals surface area (Å²) in [6.45, 7) is 0.835. The molecule has 1 heterocycles. The van der Waals surface area contributed by atoms with Gasteiger partial charge in [-0.1, -0.05) is 0 Å². The van der Waals surface area contributed by atoms with Crippen LogP contribution in [0.1, 0.15) is 12.3 Å². The molecule has 0 fully saturated rings. The number of rotatable bonds is 4. The molecule has 4 nitrogen and oxygen atoms in total. The number of thiocarbonyl (C=S) groups is 1. The quantitative estimate of drug-likeness (QED) is 0.552. The Labute approximate surface area is 82.7 Å². The summed E-state index contributed by atoms with van der Waals surface area (Å²) in [5.74, 6) is 0.775. The molecule has 0 bridgehead atoms. The van der Waals surface area contributed by atoms with Crippen molar-refractivity contribution < 1.29 is 4.42 Å². The minimum absolute atomic E-state index is 0.674. The van der Waals surface area contributed by atoms with Crippen molar-refractivity contribution in [2.24, 2.45) is 0 Å². The fourth-order valence-corrected chi connectivity index (χ4v) is 1.01. The van der Waals surface area contributed by atoms with Gasteiger partial charge in [-0.3, -0.25) is 0 Å². The molecule has 0 saturated heterocycles. The van der Waals surface area contributed by atoms with E-state index < -0.39 is 0 Å². The summed E-state index contributed by atoms with van der Waals surface area (Å²) in [6, 6.07) is 0. The lowest BCUT2D eigenvalue weighted by Gasteiger charge is -2.04. The number of nitrogens with zero attached hydrogens (tertiary/aromatic N) is 1. The molecular weight excluding hydrogens is 186 g/mol. The predicted molar refractivity (Wildman–Crippen MR) is 54.5 cm³/mol.